The number of rotatable bonds is 3. The summed E-state index contributed by atoms with van der Waals surface area (Å²) in [6.07, 6.45) is 0. The summed E-state index contributed by atoms with van der Waals surface area (Å²) in [6.45, 7) is 2.56. The van der Waals surface area contributed by atoms with Crippen LogP contribution in [0, 0.1) is 6.92 Å². The molecule has 0 unspecified atom stereocenters. The number of furan rings is 1. The van der Waals surface area contributed by atoms with Crippen molar-refractivity contribution in [3.8, 4) is 0 Å². The van der Waals surface area contributed by atoms with Crippen LogP contribution in [0.2, 0.25) is 5.02 Å². The predicted octanol–water partition coefficient (Wildman–Crippen LogP) is 6.14. The molecule has 1 heterocycles. The molecule has 18 heavy (non-hydrogen) atoms. The van der Waals surface area contributed by atoms with Crippen LogP contribution in [0.15, 0.2) is 36.2 Å². The zero-order valence-electron chi connectivity index (χ0n) is 9.36. The fourth-order valence-electron chi connectivity index (χ4n) is 1.44. The molecule has 1 aromatic heterocycles. The highest BCUT2D eigenvalue weighted by Gasteiger charge is 2.08. The molecule has 0 amide bonds. The Morgan fingerprint density at radius 3 is 2.50 bits per heavy atom. The Kier molecular flexibility index (Phi) is 4.80. The molecule has 0 aliphatic heterocycles. The normalized spacial score (nSPS) is 10.7. The van der Waals surface area contributed by atoms with E-state index in [9.17, 15) is 0 Å². The van der Waals surface area contributed by atoms with Crippen molar-refractivity contribution in [3.63, 3.8) is 0 Å². The first-order valence-electron chi connectivity index (χ1n) is 5.10. The number of hydrogen-bond acceptors (Lipinski definition) is 2. The van der Waals surface area contributed by atoms with E-state index >= 15 is 0 Å². The molecule has 0 atom stereocenters. The molecule has 0 saturated carbocycles. The van der Waals surface area contributed by atoms with Crippen LogP contribution in [0.3, 0.4) is 0 Å². The zero-order valence-corrected chi connectivity index (χ0v) is 14.9. The Morgan fingerprint density at radius 1 is 1.17 bits per heavy atom. The number of benzene rings is 1. The first kappa shape index (κ1) is 14.4. The lowest BCUT2D eigenvalue weighted by molar-refractivity contribution is 0.494. The summed E-state index contributed by atoms with van der Waals surface area (Å²) in [6, 6.07) is 5.80. The summed E-state index contributed by atoms with van der Waals surface area (Å²) in [5.74, 6) is 0.831. The summed E-state index contributed by atoms with van der Waals surface area (Å²) in [5, 5.41) is 4.01. The van der Waals surface area contributed by atoms with Crippen molar-refractivity contribution >= 4 is 65.1 Å². The van der Waals surface area contributed by atoms with E-state index in [1.807, 2.05) is 25.1 Å². The first-order valence-corrected chi connectivity index (χ1v) is 7.86. The topological polar surface area (TPSA) is 25.2 Å². The minimum atomic E-state index is 0.586. The van der Waals surface area contributed by atoms with Gasteiger partial charge in [-0.15, -0.1) is 0 Å². The van der Waals surface area contributed by atoms with Crippen molar-refractivity contribution in [2.24, 2.45) is 0 Å². The van der Waals surface area contributed by atoms with Gasteiger partial charge in [-0.2, -0.15) is 0 Å². The Labute approximate surface area is 135 Å². The first-order chi connectivity index (χ1) is 8.47. The molecule has 1 N–H and O–H groups in total. The Bertz CT molecular complexity index is 563. The monoisotopic (exact) mass is 455 g/mol. The van der Waals surface area contributed by atoms with E-state index in [1.165, 1.54) is 0 Å². The van der Waals surface area contributed by atoms with Gasteiger partial charge in [0.05, 0.1) is 16.7 Å². The van der Waals surface area contributed by atoms with E-state index in [-0.39, 0.29) is 0 Å². The zero-order chi connectivity index (χ0) is 13.3. The maximum absolute atomic E-state index is 6.10. The van der Waals surface area contributed by atoms with Gasteiger partial charge in [0.2, 0.25) is 0 Å². The fourth-order valence-corrected chi connectivity index (χ4v) is 2.86. The molecule has 0 radical (unpaired) electrons. The van der Waals surface area contributed by atoms with Crippen LogP contribution in [-0.4, -0.2) is 0 Å². The number of aryl methyl sites for hydroxylation is 1. The Morgan fingerprint density at radius 2 is 1.89 bits per heavy atom. The minimum absolute atomic E-state index is 0.586. The Hall–Kier alpha value is 0.0300. The molecule has 0 aliphatic rings. The Balaban J connectivity index is 2.13. The summed E-state index contributed by atoms with van der Waals surface area (Å²) in [5.41, 5.74) is 1.98. The van der Waals surface area contributed by atoms with Crippen molar-refractivity contribution in [1.82, 2.24) is 0 Å². The molecule has 2 aromatic rings. The minimum Gasteiger partial charge on any atom is -0.451 e. The van der Waals surface area contributed by atoms with E-state index in [0.29, 0.717) is 11.2 Å². The van der Waals surface area contributed by atoms with Crippen LogP contribution in [0.25, 0.3) is 0 Å². The van der Waals surface area contributed by atoms with Crippen molar-refractivity contribution in [2.45, 2.75) is 13.5 Å². The molecule has 1 aromatic carbocycles. The molecule has 2 rings (SSSR count). The van der Waals surface area contributed by atoms with Gasteiger partial charge in [-0.25, -0.2) is 0 Å². The standard InChI is InChI=1S/C12H9Br3ClNO/c1-6-2-8(13)11(4-10(6)16)17-5-7-3-9(14)12(15)18-7/h2-4,17H,5H2,1H3. The number of anilines is 1. The van der Waals surface area contributed by atoms with Crippen LogP contribution in [0.5, 0.6) is 0 Å². The van der Waals surface area contributed by atoms with Gasteiger partial charge in [0.15, 0.2) is 4.67 Å². The van der Waals surface area contributed by atoms with Crippen molar-refractivity contribution < 1.29 is 4.42 Å². The number of hydrogen-bond donors (Lipinski definition) is 1. The average Bonchev–Trinajstić information content (AvgIpc) is 2.62. The molecular weight excluding hydrogens is 449 g/mol. The van der Waals surface area contributed by atoms with Gasteiger partial charge in [-0.1, -0.05) is 11.6 Å². The van der Waals surface area contributed by atoms with Crippen LogP contribution in [0.4, 0.5) is 5.69 Å². The molecule has 0 bridgehead atoms. The molecule has 0 spiro atoms. The van der Waals surface area contributed by atoms with Crippen LogP contribution in [-0.2, 0) is 6.54 Å². The van der Waals surface area contributed by atoms with Crippen molar-refractivity contribution in [3.05, 3.63) is 48.2 Å². The van der Waals surface area contributed by atoms with Gasteiger partial charge in [-0.05, 0) is 78.5 Å². The number of nitrogens with one attached hydrogen (secondary N) is 1. The van der Waals surface area contributed by atoms with Crippen molar-refractivity contribution in [1.29, 1.82) is 0 Å². The molecular formula is C12H9Br3ClNO. The maximum Gasteiger partial charge on any atom is 0.183 e. The van der Waals surface area contributed by atoms with Crippen LogP contribution in [0.1, 0.15) is 11.3 Å². The largest absolute Gasteiger partial charge is 0.451 e. The molecule has 0 saturated heterocycles. The molecule has 6 heteroatoms. The van der Waals surface area contributed by atoms with Crippen LogP contribution < -0.4 is 5.32 Å². The highest BCUT2D eigenvalue weighted by molar-refractivity contribution is 9.13. The van der Waals surface area contributed by atoms with E-state index in [1.54, 1.807) is 0 Å². The fraction of sp³-hybridized carbons (Fsp3) is 0.167. The van der Waals surface area contributed by atoms with Crippen LogP contribution >= 0.6 is 59.4 Å². The third kappa shape index (κ3) is 3.32. The SMILES string of the molecule is Cc1cc(Br)c(NCc2cc(Br)c(Br)o2)cc1Cl. The quantitative estimate of drug-likeness (QED) is 0.598. The average molecular weight is 458 g/mol. The summed E-state index contributed by atoms with van der Waals surface area (Å²) < 4.78 is 8.07. The van der Waals surface area contributed by atoms with E-state index in [4.69, 9.17) is 16.0 Å². The lowest BCUT2D eigenvalue weighted by atomic mass is 10.2. The maximum atomic E-state index is 6.10. The van der Waals surface area contributed by atoms with Gasteiger partial charge in [-0.3, -0.25) is 0 Å². The van der Waals surface area contributed by atoms with E-state index < -0.39 is 0 Å². The highest BCUT2D eigenvalue weighted by Crippen LogP contribution is 2.31. The second kappa shape index (κ2) is 5.99. The van der Waals surface area contributed by atoms with E-state index in [2.05, 4.69) is 53.1 Å². The second-order valence-corrected chi connectivity index (χ2v) is 6.61. The lowest BCUT2D eigenvalue weighted by Crippen LogP contribution is -1.99. The van der Waals surface area contributed by atoms with Gasteiger partial charge < -0.3 is 9.73 Å². The number of halogens is 4. The third-order valence-electron chi connectivity index (χ3n) is 2.40. The molecule has 0 fully saturated rings. The predicted molar refractivity (Wildman–Crippen MR) is 85.3 cm³/mol. The smallest absolute Gasteiger partial charge is 0.183 e. The van der Waals surface area contributed by atoms with Gasteiger partial charge in [0.25, 0.3) is 0 Å². The molecule has 96 valence electrons. The van der Waals surface area contributed by atoms with Gasteiger partial charge >= 0.3 is 0 Å². The summed E-state index contributed by atoms with van der Waals surface area (Å²) in [4.78, 5) is 0. The lowest BCUT2D eigenvalue weighted by Gasteiger charge is -2.09. The third-order valence-corrected chi connectivity index (χ3v) is 5.17. The van der Waals surface area contributed by atoms with Gasteiger partial charge in [0.1, 0.15) is 5.76 Å². The summed E-state index contributed by atoms with van der Waals surface area (Å²) >= 11 is 16.3. The summed E-state index contributed by atoms with van der Waals surface area (Å²) in [7, 11) is 0. The molecule has 2 nitrogen and oxygen atoms in total. The second-order valence-electron chi connectivity index (χ2n) is 3.77. The molecule has 0 aliphatic carbocycles. The highest BCUT2D eigenvalue weighted by atomic mass is 79.9. The van der Waals surface area contributed by atoms with Crippen molar-refractivity contribution in [2.75, 3.05) is 5.32 Å². The van der Waals surface area contributed by atoms with E-state index in [0.717, 1.165) is 31.0 Å². The van der Waals surface area contributed by atoms with Gasteiger partial charge in [0, 0.05) is 9.50 Å².